The molecule has 0 saturated carbocycles. The lowest BCUT2D eigenvalue weighted by Crippen LogP contribution is -2.19. The largest absolute Gasteiger partial charge is 0.497 e. The Morgan fingerprint density at radius 1 is 1.14 bits per heavy atom. The van der Waals surface area contributed by atoms with Gasteiger partial charge in [0.1, 0.15) is 5.75 Å². The van der Waals surface area contributed by atoms with Gasteiger partial charge in [0, 0.05) is 17.5 Å². The molecular formula is C20H20N2O4S2. The summed E-state index contributed by atoms with van der Waals surface area (Å²) in [4.78, 5) is 29.9. The minimum Gasteiger partial charge on any atom is -0.497 e. The second kappa shape index (κ2) is 9.57. The van der Waals surface area contributed by atoms with Crippen LogP contribution in [-0.2, 0) is 20.9 Å². The third-order valence-electron chi connectivity index (χ3n) is 3.98. The van der Waals surface area contributed by atoms with Crippen molar-refractivity contribution >= 4 is 45.2 Å². The highest BCUT2D eigenvalue weighted by Gasteiger charge is 2.11. The van der Waals surface area contributed by atoms with Gasteiger partial charge in [-0.25, -0.2) is 0 Å². The van der Waals surface area contributed by atoms with E-state index in [9.17, 15) is 9.59 Å². The molecule has 0 N–H and O–H groups in total. The van der Waals surface area contributed by atoms with Crippen LogP contribution >= 0.6 is 23.1 Å². The highest BCUT2D eigenvalue weighted by Crippen LogP contribution is 2.23. The van der Waals surface area contributed by atoms with Crippen LogP contribution in [0.5, 0.6) is 5.75 Å². The molecule has 0 saturated heterocycles. The number of carbonyl (C=O) groups excluding carboxylic acids is 2. The van der Waals surface area contributed by atoms with E-state index in [0.29, 0.717) is 17.1 Å². The molecule has 0 aliphatic heterocycles. The summed E-state index contributed by atoms with van der Waals surface area (Å²) in [5.74, 6) is 0.416. The van der Waals surface area contributed by atoms with E-state index in [1.807, 2.05) is 53.1 Å². The molecule has 2 aromatic carbocycles. The Morgan fingerprint density at radius 3 is 2.64 bits per heavy atom. The third kappa shape index (κ3) is 5.02. The molecule has 0 unspecified atom stereocenters. The molecule has 0 radical (unpaired) electrons. The summed E-state index contributed by atoms with van der Waals surface area (Å²) >= 11 is 2.86. The summed E-state index contributed by atoms with van der Waals surface area (Å²) in [6, 6.07) is 15.4. The fourth-order valence-electron chi connectivity index (χ4n) is 2.58. The predicted octanol–water partition coefficient (Wildman–Crippen LogP) is 3.49. The molecule has 28 heavy (non-hydrogen) atoms. The number of hydrogen-bond acceptors (Lipinski definition) is 6. The predicted molar refractivity (Wildman–Crippen MR) is 111 cm³/mol. The lowest BCUT2D eigenvalue weighted by Gasteiger charge is -2.06. The number of esters is 1. The summed E-state index contributed by atoms with van der Waals surface area (Å²) in [6.07, 6.45) is 0.194. The van der Waals surface area contributed by atoms with Crippen LogP contribution in [0.1, 0.15) is 6.42 Å². The van der Waals surface area contributed by atoms with Crippen LogP contribution in [0.2, 0.25) is 0 Å². The first-order chi connectivity index (χ1) is 13.6. The van der Waals surface area contributed by atoms with Crippen LogP contribution in [0, 0.1) is 0 Å². The van der Waals surface area contributed by atoms with Crippen molar-refractivity contribution in [3.8, 4) is 5.75 Å². The number of rotatable bonds is 7. The van der Waals surface area contributed by atoms with Gasteiger partial charge in [0.25, 0.3) is 5.91 Å². The molecule has 1 heterocycles. The Morgan fingerprint density at radius 2 is 1.93 bits per heavy atom. The fourth-order valence-corrected chi connectivity index (χ4v) is 4.34. The van der Waals surface area contributed by atoms with E-state index in [-0.39, 0.29) is 24.1 Å². The number of aromatic nitrogens is 1. The van der Waals surface area contributed by atoms with Crippen molar-refractivity contribution in [3.63, 3.8) is 0 Å². The average molecular weight is 417 g/mol. The number of methoxy groups -OCH3 is 2. The van der Waals surface area contributed by atoms with Gasteiger partial charge in [-0.2, -0.15) is 4.99 Å². The number of fused-ring (bicyclic) bond motifs is 1. The first kappa shape index (κ1) is 20.2. The van der Waals surface area contributed by atoms with E-state index < -0.39 is 0 Å². The number of amides is 1. The van der Waals surface area contributed by atoms with E-state index >= 15 is 0 Å². The smallest absolute Gasteiger partial charge is 0.307 e. The van der Waals surface area contributed by atoms with E-state index in [1.54, 1.807) is 7.11 Å². The monoisotopic (exact) mass is 416 g/mol. The minimum atomic E-state index is -0.313. The molecule has 0 bridgehead atoms. The second-order valence-corrected chi connectivity index (χ2v) is 7.86. The zero-order chi connectivity index (χ0) is 19.9. The Labute approximate surface area is 170 Å². The molecule has 3 rings (SSSR count). The number of hydrogen-bond donors (Lipinski definition) is 0. The van der Waals surface area contributed by atoms with Crippen LogP contribution in [-0.4, -0.2) is 36.4 Å². The SMILES string of the molecule is COC(=O)CCn1c(=NC(=O)CSc2ccccc2)sc2ccc(OC)cc21. The molecule has 0 fully saturated rings. The molecule has 0 aliphatic rings. The van der Waals surface area contributed by atoms with Gasteiger partial charge in [-0.15, -0.1) is 11.8 Å². The van der Waals surface area contributed by atoms with Gasteiger partial charge in [-0.1, -0.05) is 29.5 Å². The van der Waals surface area contributed by atoms with Crippen molar-refractivity contribution in [2.75, 3.05) is 20.0 Å². The number of carbonyl (C=O) groups is 2. The van der Waals surface area contributed by atoms with E-state index in [2.05, 4.69) is 4.99 Å². The molecule has 1 amide bonds. The van der Waals surface area contributed by atoms with Crippen LogP contribution < -0.4 is 9.54 Å². The molecule has 8 heteroatoms. The van der Waals surface area contributed by atoms with Gasteiger partial charge in [-0.3, -0.25) is 9.59 Å². The molecule has 0 spiro atoms. The molecular weight excluding hydrogens is 396 g/mol. The van der Waals surface area contributed by atoms with Crippen molar-refractivity contribution in [2.45, 2.75) is 17.9 Å². The van der Waals surface area contributed by atoms with Crippen molar-refractivity contribution in [3.05, 3.63) is 53.3 Å². The first-order valence-corrected chi connectivity index (χ1v) is 10.4. The van der Waals surface area contributed by atoms with Gasteiger partial charge in [0.15, 0.2) is 4.80 Å². The van der Waals surface area contributed by atoms with Crippen molar-refractivity contribution in [2.24, 2.45) is 4.99 Å². The van der Waals surface area contributed by atoms with E-state index in [0.717, 1.165) is 15.1 Å². The van der Waals surface area contributed by atoms with Gasteiger partial charge in [0.2, 0.25) is 0 Å². The van der Waals surface area contributed by atoms with Crippen molar-refractivity contribution < 1.29 is 19.1 Å². The third-order valence-corrected chi connectivity index (χ3v) is 6.04. The highest BCUT2D eigenvalue weighted by atomic mass is 32.2. The lowest BCUT2D eigenvalue weighted by molar-refractivity contribution is -0.140. The molecule has 146 valence electrons. The zero-order valence-corrected chi connectivity index (χ0v) is 17.2. The summed E-state index contributed by atoms with van der Waals surface area (Å²) in [5, 5.41) is 0. The van der Waals surface area contributed by atoms with E-state index in [4.69, 9.17) is 9.47 Å². The first-order valence-electron chi connectivity index (χ1n) is 8.60. The molecule has 3 aromatic rings. The van der Waals surface area contributed by atoms with Gasteiger partial charge in [0.05, 0.1) is 36.6 Å². The van der Waals surface area contributed by atoms with Crippen LogP contribution in [0.15, 0.2) is 58.4 Å². The Bertz CT molecular complexity index is 1040. The summed E-state index contributed by atoms with van der Waals surface area (Å²) in [6.45, 7) is 0.373. The maximum Gasteiger partial charge on any atom is 0.307 e. The average Bonchev–Trinajstić information content (AvgIpc) is 3.07. The summed E-state index contributed by atoms with van der Waals surface area (Å²) in [7, 11) is 2.96. The highest BCUT2D eigenvalue weighted by molar-refractivity contribution is 8.00. The summed E-state index contributed by atoms with van der Waals surface area (Å²) in [5.41, 5.74) is 0.871. The van der Waals surface area contributed by atoms with Crippen LogP contribution in [0.3, 0.4) is 0 Å². The zero-order valence-electron chi connectivity index (χ0n) is 15.6. The van der Waals surface area contributed by atoms with Crippen molar-refractivity contribution in [1.82, 2.24) is 4.57 Å². The Hall–Kier alpha value is -2.58. The fraction of sp³-hybridized carbons (Fsp3) is 0.250. The Kier molecular flexibility index (Phi) is 6.89. The van der Waals surface area contributed by atoms with Crippen LogP contribution in [0.25, 0.3) is 10.2 Å². The summed E-state index contributed by atoms with van der Waals surface area (Å²) < 4.78 is 12.9. The minimum absolute atomic E-state index is 0.194. The number of thioether (sulfide) groups is 1. The van der Waals surface area contributed by atoms with E-state index in [1.165, 1.54) is 30.2 Å². The normalized spacial score (nSPS) is 11.6. The molecule has 0 aliphatic carbocycles. The maximum atomic E-state index is 12.4. The number of nitrogens with zero attached hydrogens (tertiary/aromatic N) is 2. The Balaban J connectivity index is 1.90. The quantitative estimate of drug-likeness (QED) is 0.436. The van der Waals surface area contributed by atoms with Crippen LogP contribution in [0.4, 0.5) is 0 Å². The topological polar surface area (TPSA) is 69.9 Å². The lowest BCUT2D eigenvalue weighted by atomic mass is 10.3. The van der Waals surface area contributed by atoms with Gasteiger partial charge >= 0.3 is 5.97 Å². The number of thiazole rings is 1. The molecule has 0 atom stereocenters. The maximum absolute atomic E-state index is 12.4. The van der Waals surface area contributed by atoms with Gasteiger partial charge < -0.3 is 14.0 Å². The molecule has 6 nitrogen and oxygen atoms in total. The standard InChI is InChI=1S/C20H20N2O4S2/c1-25-14-8-9-17-16(12-14)22(11-10-19(24)26-2)20(28-17)21-18(23)13-27-15-6-4-3-5-7-15/h3-9,12H,10-11,13H2,1-2H3. The number of benzene rings is 2. The molecule has 1 aromatic heterocycles. The number of aryl methyl sites for hydroxylation is 1. The van der Waals surface area contributed by atoms with Gasteiger partial charge in [-0.05, 0) is 24.3 Å². The number of ether oxygens (including phenoxy) is 2. The second-order valence-electron chi connectivity index (χ2n) is 5.80. The van der Waals surface area contributed by atoms with Crippen molar-refractivity contribution in [1.29, 1.82) is 0 Å².